The monoisotopic (exact) mass is 225 g/mol. The third kappa shape index (κ3) is 4.04. The highest BCUT2D eigenvalue weighted by atomic mass is 16.6. The molecule has 0 aromatic rings. The lowest BCUT2D eigenvalue weighted by Gasteiger charge is -2.24. The van der Waals surface area contributed by atoms with Crippen LogP contribution in [0.3, 0.4) is 0 Å². The van der Waals surface area contributed by atoms with Gasteiger partial charge in [-0.2, -0.15) is 0 Å². The molecule has 16 heavy (non-hydrogen) atoms. The number of carbonyl (C=O) groups is 2. The van der Waals surface area contributed by atoms with Crippen LogP contribution in [-0.4, -0.2) is 29.4 Å². The van der Waals surface area contributed by atoms with Crippen LogP contribution in [0.2, 0.25) is 0 Å². The van der Waals surface area contributed by atoms with Gasteiger partial charge < -0.3 is 4.74 Å². The molecule has 1 amide bonds. The number of amides is 1. The first-order chi connectivity index (χ1) is 7.42. The zero-order valence-corrected chi connectivity index (χ0v) is 10.2. The Kier molecular flexibility index (Phi) is 4.10. The predicted molar refractivity (Wildman–Crippen MR) is 60.9 cm³/mol. The van der Waals surface area contributed by atoms with E-state index in [1.807, 2.05) is 20.8 Å². The molecule has 0 bridgehead atoms. The largest absolute Gasteiger partial charge is 0.443 e. The van der Waals surface area contributed by atoms with E-state index in [4.69, 9.17) is 4.74 Å². The second kappa shape index (κ2) is 5.14. The molecule has 4 nitrogen and oxygen atoms in total. The molecule has 4 heteroatoms. The van der Waals surface area contributed by atoms with E-state index >= 15 is 0 Å². The van der Waals surface area contributed by atoms with E-state index in [-0.39, 0.29) is 6.09 Å². The van der Waals surface area contributed by atoms with Crippen molar-refractivity contribution in [1.29, 1.82) is 0 Å². The van der Waals surface area contributed by atoms with Gasteiger partial charge in [0.2, 0.25) is 0 Å². The first kappa shape index (κ1) is 12.7. The van der Waals surface area contributed by atoms with Gasteiger partial charge in [-0.1, -0.05) is 0 Å². The Bertz CT molecular complexity index is 302. The van der Waals surface area contributed by atoms with E-state index in [9.17, 15) is 9.59 Å². The highest BCUT2D eigenvalue weighted by molar-refractivity contribution is 5.76. The second-order valence-electron chi connectivity index (χ2n) is 4.95. The van der Waals surface area contributed by atoms with Crippen molar-refractivity contribution in [3.8, 4) is 0 Å². The number of hydrogen-bond donors (Lipinski definition) is 0. The summed E-state index contributed by atoms with van der Waals surface area (Å²) in [7, 11) is 0. The van der Waals surface area contributed by atoms with Crippen LogP contribution in [0, 0.1) is 0 Å². The van der Waals surface area contributed by atoms with Gasteiger partial charge in [-0.3, -0.25) is 9.69 Å². The van der Waals surface area contributed by atoms with Crippen molar-refractivity contribution < 1.29 is 14.3 Å². The minimum absolute atomic E-state index is 0.381. The maximum absolute atomic E-state index is 11.8. The smallest absolute Gasteiger partial charge is 0.414 e. The lowest BCUT2D eigenvalue weighted by molar-refractivity contribution is -0.105. The van der Waals surface area contributed by atoms with Crippen LogP contribution >= 0.6 is 0 Å². The molecule has 0 N–H and O–H groups in total. The molecule has 1 rings (SSSR count). The molecule has 0 saturated heterocycles. The molecule has 0 unspecified atom stereocenters. The highest BCUT2D eigenvalue weighted by Crippen LogP contribution is 2.16. The molecule has 1 heterocycles. The number of ether oxygens (including phenoxy) is 1. The SMILES string of the molecule is CC(C)(C)OC(=O)N1C=C(C=O)CCCC1. The van der Waals surface area contributed by atoms with Gasteiger partial charge in [0.05, 0.1) is 0 Å². The quantitative estimate of drug-likeness (QED) is 0.644. The average Bonchev–Trinajstić information content (AvgIpc) is 2.39. The Hall–Kier alpha value is -1.32. The van der Waals surface area contributed by atoms with Crippen LogP contribution in [0.4, 0.5) is 4.79 Å². The fraction of sp³-hybridized carbons (Fsp3) is 0.667. The summed E-state index contributed by atoms with van der Waals surface area (Å²) in [4.78, 5) is 24.0. The Morgan fingerprint density at radius 2 is 2.12 bits per heavy atom. The Morgan fingerprint density at radius 1 is 1.44 bits per heavy atom. The summed E-state index contributed by atoms with van der Waals surface area (Å²) in [5.41, 5.74) is 0.154. The lowest BCUT2D eigenvalue weighted by Crippen LogP contribution is -2.34. The zero-order chi connectivity index (χ0) is 12.2. The van der Waals surface area contributed by atoms with Crippen molar-refractivity contribution >= 4 is 12.4 Å². The standard InChI is InChI=1S/C12H19NO3/c1-12(2,3)16-11(15)13-7-5-4-6-10(8-13)9-14/h8-9H,4-7H2,1-3H3. The van der Waals surface area contributed by atoms with E-state index in [1.54, 1.807) is 6.20 Å². The maximum Gasteiger partial charge on any atom is 0.414 e. The van der Waals surface area contributed by atoms with Gasteiger partial charge in [-0.05, 0) is 40.0 Å². The molecule has 90 valence electrons. The minimum atomic E-state index is -0.501. The first-order valence-electron chi connectivity index (χ1n) is 5.58. The van der Waals surface area contributed by atoms with Crippen molar-refractivity contribution in [2.75, 3.05) is 6.54 Å². The minimum Gasteiger partial charge on any atom is -0.443 e. The lowest BCUT2D eigenvalue weighted by atomic mass is 10.1. The summed E-state index contributed by atoms with van der Waals surface area (Å²) in [5.74, 6) is 0. The van der Waals surface area contributed by atoms with Gasteiger partial charge >= 0.3 is 6.09 Å². The number of nitrogens with zero attached hydrogens (tertiary/aromatic N) is 1. The van der Waals surface area contributed by atoms with E-state index in [1.165, 1.54) is 4.90 Å². The van der Waals surface area contributed by atoms with Crippen LogP contribution in [0.15, 0.2) is 11.8 Å². The number of allylic oxidation sites excluding steroid dienone is 1. The maximum atomic E-state index is 11.8. The van der Waals surface area contributed by atoms with E-state index in [0.29, 0.717) is 12.1 Å². The number of carbonyl (C=O) groups excluding carboxylic acids is 2. The molecular formula is C12H19NO3. The van der Waals surface area contributed by atoms with Crippen molar-refractivity contribution in [3.63, 3.8) is 0 Å². The molecule has 1 aliphatic heterocycles. The van der Waals surface area contributed by atoms with Gasteiger partial charge in [0.15, 0.2) is 0 Å². The normalized spacial score (nSPS) is 17.4. The highest BCUT2D eigenvalue weighted by Gasteiger charge is 2.22. The van der Waals surface area contributed by atoms with Gasteiger partial charge in [0, 0.05) is 18.3 Å². The third-order valence-electron chi connectivity index (χ3n) is 2.22. The van der Waals surface area contributed by atoms with E-state index < -0.39 is 5.60 Å². The Labute approximate surface area is 96.3 Å². The zero-order valence-electron chi connectivity index (χ0n) is 10.2. The Morgan fingerprint density at radius 3 is 2.69 bits per heavy atom. The fourth-order valence-corrected chi connectivity index (χ4v) is 1.49. The predicted octanol–water partition coefficient (Wildman–Crippen LogP) is 2.49. The van der Waals surface area contributed by atoms with Crippen molar-refractivity contribution in [2.24, 2.45) is 0 Å². The van der Waals surface area contributed by atoms with Gasteiger partial charge in [0.1, 0.15) is 11.9 Å². The fourth-order valence-electron chi connectivity index (χ4n) is 1.49. The second-order valence-corrected chi connectivity index (χ2v) is 4.95. The van der Waals surface area contributed by atoms with Crippen LogP contribution in [0.1, 0.15) is 40.0 Å². The molecule has 0 aromatic heterocycles. The van der Waals surface area contributed by atoms with Gasteiger partial charge in [-0.15, -0.1) is 0 Å². The molecule has 0 fully saturated rings. The number of rotatable bonds is 1. The van der Waals surface area contributed by atoms with Crippen molar-refractivity contribution in [1.82, 2.24) is 4.90 Å². The summed E-state index contributed by atoms with van der Waals surface area (Å²) in [6, 6.07) is 0. The summed E-state index contributed by atoms with van der Waals surface area (Å²) in [6.07, 6.45) is 4.60. The van der Waals surface area contributed by atoms with Gasteiger partial charge in [-0.25, -0.2) is 4.79 Å². The third-order valence-corrected chi connectivity index (χ3v) is 2.22. The van der Waals surface area contributed by atoms with Crippen molar-refractivity contribution in [3.05, 3.63) is 11.8 Å². The molecule has 0 saturated carbocycles. The molecule has 0 radical (unpaired) electrons. The van der Waals surface area contributed by atoms with Gasteiger partial charge in [0.25, 0.3) is 0 Å². The number of aldehydes is 1. The average molecular weight is 225 g/mol. The van der Waals surface area contributed by atoms with Crippen LogP contribution in [0.5, 0.6) is 0 Å². The topological polar surface area (TPSA) is 46.6 Å². The molecule has 0 aliphatic carbocycles. The molecule has 0 atom stereocenters. The number of hydrogen-bond acceptors (Lipinski definition) is 3. The van der Waals surface area contributed by atoms with Crippen LogP contribution in [-0.2, 0) is 9.53 Å². The summed E-state index contributed by atoms with van der Waals surface area (Å²) >= 11 is 0. The van der Waals surface area contributed by atoms with Crippen LogP contribution < -0.4 is 0 Å². The summed E-state index contributed by atoms with van der Waals surface area (Å²) in [6.45, 7) is 6.10. The van der Waals surface area contributed by atoms with E-state index in [0.717, 1.165) is 25.5 Å². The van der Waals surface area contributed by atoms with Crippen LogP contribution in [0.25, 0.3) is 0 Å². The molecule has 0 aromatic carbocycles. The summed E-state index contributed by atoms with van der Waals surface area (Å²) < 4.78 is 5.25. The Balaban J connectivity index is 2.70. The summed E-state index contributed by atoms with van der Waals surface area (Å²) in [5, 5.41) is 0. The molecule has 1 aliphatic rings. The van der Waals surface area contributed by atoms with Crippen molar-refractivity contribution in [2.45, 2.75) is 45.6 Å². The first-order valence-corrected chi connectivity index (χ1v) is 5.58. The molecular weight excluding hydrogens is 206 g/mol. The molecule has 0 spiro atoms. The van der Waals surface area contributed by atoms with E-state index in [2.05, 4.69) is 0 Å².